The van der Waals surface area contributed by atoms with Gasteiger partial charge in [0.2, 0.25) is 5.91 Å². The highest BCUT2D eigenvalue weighted by atomic mass is 16.2. The summed E-state index contributed by atoms with van der Waals surface area (Å²) in [7, 11) is 0. The zero-order valence-corrected chi connectivity index (χ0v) is 8.31. The van der Waals surface area contributed by atoms with E-state index >= 15 is 0 Å². The van der Waals surface area contributed by atoms with Crippen LogP contribution in [0.15, 0.2) is 0 Å². The Morgan fingerprint density at radius 3 is 3.07 bits per heavy atom. The lowest BCUT2D eigenvalue weighted by molar-refractivity contribution is -0.120. The third kappa shape index (κ3) is 2.50. The minimum atomic E-state index is -0.0634. The molecule has 1 aromatic rings. The van der Waals surface area contributed by atoms with Gasteiger partial charge in [-0.3, -0.25) is 10.1 Å². The first-order valence-corrected chi connectivity index (χ1v) is 5.05. The van der Waals surface area contributed by atoms with Crippen LogP contribution in [0.5, 0.6) is 0 Å². The van der Waals surface area contributed by atoms with Crippen LogP contribution in [0.25, 0.3) is 0 Å². The van der Waals surface area contributed by atoms with Gasteiger partial charge in [-0.1, -0.05) is 11.5 Å². The number of amides is 1. The van der Waals surface area contributed by atoms with Gasteiger partial charge < -0.3 is 5.73 Å². The van der Waals surface area contributed by atoms with Gasteiger partial charge in [-0.2, -0.15) is 5.21 Å². The van der Waals surface area contributed by atoms with Crippen molar-refractivity contribution in [1.82, 2.24) is 20.6 Å². The second kappa shape index (κ2) is 4.35. The largest absolute Gasteiger partial charge is 0.328 e. The Kier molecular flexibility index (Phi) is 2.91. The van der Waals surface area contributed by atoms with Gasteiger partial charge in [0.25, 0.3) is 5.95 Å². The zero-order chi connectivity index (χ0) is 10.7. The molecule has 7 nitrogen and oxygen atoms in total. The number of nitrogens with two attached hydrogens (primary N) is 1. The van der Waals surface area contributed by atoms with Gasteiger partial charge in [-0.15, -0.1) is 5.10 Å². The first-order chi connectivity index (χ1) is 7.25. The van der Waals surface area contributed by atoms with Gasteiger partial charge in [0.1, 0.15) is 0 Å². The van der Waals surface area contributed by atoms with E-state index in [2.05, 4.69) is 25.9 Å². The monoisotopic (exact) mass is 210 g/mol. The standard InChI is InChI=1S/C8H14N6O/c9-6-3-1-2-5(4-6)7(15)10-8-11-13-14-12-8/h5-6H,1-4,9H2,(H2,10,11,12,13,14,15). The lowest BCUT2D eigenvalue weighted by Gasteiger charge is -2.24. The van der Waals surface area contributed by atoms with Crippen LogP contribution in [0.4, 0.5) is 5.95 Å². The number of anilines is 1. The average Bonchev–Trinajstić information content (AvgIpc) is 2.70. The van der Waals surface area contributed by atoms with Crippen LogP contribution in [0, 0.1) is 5.92 Å². The molecule has 1 aromatic heterocycles. The number of hydrogen-bond acceptors (Lipinski definition) is 5. The summed E-state index contributed by atoms with van der Waals surface area (Å²) >= 11 is 0. The second-order valence-electron chi connectivity index (χ2n) is 3.85. The van der Waals surface area contributed by atoms with Crippen molar-refractivity contribution in [3.8, 4) is 0 Å². The third-order valence-corrected chi connectivity index (χ3v) is 2.67. The Bertz CT molecular complexity index is 324. The molecule has 1 aliphatic rings. The van der Waals surface area contributed by atoms with E-state index in [0.717, 1.165) is 25.7 Å². The minimum Gasteiger partial charge on any atom is -0.328 e. The van der Waals surface area contributed by atoms with E-state index in [1.807, 2.05) is 0 Å². The van der Waals surface area contributed by atoms with Crippen LogP contribution in [0.2, 0.25) is 0 Å². The highest BCUT2D eigenvalue weighted by Gasteiger charge is 2.25. The van der Waals surface area contributed by atoms with Crippen molar-refractivity contribution in [2.75, 3.05) is 5.32 Å². The average molecular weight is 210 g/mol. The molecule has 15 heavy (non-hydrogen) atoms. The zero-order valence-electron chi connectivity index (χ0n) is 8.31. The Hall–Kier alpha value is -1.50. The fraction of sp³-hybridized carbons (Fsp3) is 0.750. The van der Waals surface area contributed by atoms with Crippen LogP contribution in [0.1, 0.15) is 25.7 Å². The normalized spacial score (nSPS) is 26.2. The smallest absolute Gasteiger partial charge is 0.269 e. The summed E-state index contributed by atoms with van der Waals surface area (Å²) in [6, 6.07) is 0.139. The predicted octanol–water partition coefficient (Wildman–Crippen LogP) is -0.344. The quantitative estimate of drug-likeness (QED) is 0.618. The number of tetrazole rings is 1. The van der Waals surface area contributed by atoms with Gasteiger partial charge in [0.05, 0.1) is 0 Å². The summed E-state index contributed by atoms with van der Waals surface area (Å²) in [6.07, 6.45) is 3.64. The second-order valence-corrected chi connectivity index (χ2v) is 3.85. The number of nitrogens with one attached hydrogen (secondary N) is 2. The van der Waals surface area contributed by atoms with Crippen molar-refractivity contribution in [3.63, 3.8) is 0 Å². The summed E-state index contributed by atoms with van der Waals surface area (Å²) < 4.78 is 0. The molecule has 2 atom stereocenters. The number of rotatable bonds is 2. The van der Waals surface area contributed by atoms with E-state index in [0.29, 0.717) is 0 Å². The molecule has 1 amide bonds. The maximum Gasteiger partial charge on any atom is 0.269 e. The van der Waals surface area contributed by atoms with Crippen LogP contribution in [-0.4, -0.2) is 32.6 Å². The van der Waals surface area contributed by atoms with Crippen LogP contribution >= 0.6 is 0 Å². The summed E-state index contributed by atoms with van der Waals surface area (Å²) in [5, 5.41) is 15.6. The summed E-state index contributed by atoms with van der Waals surface area (Å²) in [4.78, 5) is 11.7. The van der Waals surface area contributed by atoms with Crippen molar-refractivity contribution in [3.05, 3.63) is 0 Å². The fourth-order valence-corrected chi connectivity index (χ4v) is 1.89. The molecular formula is C8H14N6O. The topological polar surface area (TPSA) is 110 Å². The molecule has 0 saturated heterocycles. The molecule has 1 heterocycles. The number of H-pyrrole nitrogens is 1. The molecule has 2 rings (SSSR count). The van der Waals surface area contributed by atoms with E-state index in [9.17, 15) is 4.79 Å². The summed E-state index contributed by atoms with van der Waals surface area (Å²) in [6.45, 7) is 0. The van der Waals surface area contributed by atoms with E-state index in [1.165, 1.54) is 0 Å². The highest BCUT2D eigenvalue weighted by molar-refractivity contribution is 5.90. The maximum atomic E-state index is 11.7. The van der Waals surface area contributed by atoms with E-state index in [-0.39, 0.29) is 23.8 Å². The first-order valence-electron chi connectivity index (χ1n) is 5.05. The number of aromatic nitrogens is 4. The van der Waals surface area contributed by atoms with Gasteiger partial charge in [0.15, 0.2) is 0 Å². The number of aromatic amines is 1. The number of carbonyl (C=O) groups excluding carboxylic acids is 1. The molecule has 4 N–H and O–H groups in total. The molecule has 0 aliphatic heterocycles. The Morgan fingerprint density at radius 1 is 1.53 bits per heavy atom. The number of nitrogens with zero attached hydrogens (tertiary/aromatic N) is 3. The van der Waals surface area contributed by atoms with Crippen molar-refractivity contribution >= 4 is 11.9 Å². The SMILES string of the molecule is NC1CCCC(C(=O)Nc2nn[nH]n2)C1. The van der Waals surface area contributed by atoms with Crippen molar-refractivity contribution in [1.29, 1.82) is 0 Å². The molecule has 1 aliphatic carbocycles. The van der Waals surface area contributed by atoms with Crippen molar-refractivity contribution < 1.29 is 4.79 Å². The molecular weight excluding hydrogens is 196 g/mol. The molecule has 0 radical (unpaired) electrons. The summed E-state index contributed by atoms with van der Waals surface area (Å²) in [5.74, 6) is 0.137. The van der Waals surface area contributed by atoms with Crippen molar-refractivity contribution in [2.45, 2.75) is 31.7 Å². The molecule has 82 valence electrons. The Morgan fingerprint density at radius 2 is 2.40 bits per heavy atom. The maximum absolute atomic E-state index is 11.7. The molecule has 0 spiro atoms. The van der Waals surface area contributed by atoms with Crippen LogP contribution in [0.3, 0.4) is 0 Å². The summed E-state index contributed by atoms with van der Waals surface area (Å²) in [5.41, 5.74) is 5.81. The van der Waals surface area contributed by atoms with Crippen molar-refractivity contribution in [2.24, 2.45) is 11.7 Å². The van der Waals surface area contributed by atoms with Crippen LogP contribution in [-0.2, 0) is 4.79 Å². The lowest BCUT2D eigenvalue weighted by atomic mass is 9.85. The molecule has 2 unspecified atom stereocenters. The van der Waals surface area contributed by atoms with E-state index in [1.54, 1.807) is 0 Å². The van der Waals surface area contributed by atoms with E-state index < -0.39 is 0 Å². The molecule has 1 fully saturated rings. The van der Waals surface area contributed by atoms with Crippen LogP contribution < -0.4 is 11.1 Å². The molecule has 7 heteroatoms. The van der Waals surface area contributed by atoms with Gasteiger partial charge in [-0.25, -0.2) is 0 Å². The first kappa shape index (κ1) is 10.0. The van der Waals surface area contributed by atoms with Gasteiger partial charge in [0, 0.05) is 12.0 Å². The van der Waals surface area contributed by atoms with Gasteiger partial charge in [-0.05, 0) is 24.5 Å². The fourth-order valence-electron chi connectivity index (χ4n) is 1.89. The number of hydrogen-bond donors (Lipinski definition) is 3. The minimum absolute atomic E-state index is 0.0211. The predicted molar refractivity (Wildman–Crippen MR) is 52.7 cm³/mol. The van der Waals surface area contributed by atoms with E-state index in [4.69, 9.17) is 5.73 Å². The Balaban J connectivity index is 1.90. The molecule has 0 aromatic carbocycles. The highest BCUT2D eigenvalue weighted by Crippen LogP contribution is 2.23. The number of carbonyl (C=O) groups is 1. The van der Waals surface area contributed by atoms with Gasteiger partial charge >= 0.3 is 0 Å². The third-order valence-electron chi connectivity index (χ3n) is 2.67. The lowest BCUT2D eigenvalue weighted by Crippen LogP contribution is -2.34. The Labute approximate surface area is 86.8 Å². The molecule has 0 bridgehead atoms. The molecule has 1 saturated carbocycles.